The minimum absolute atomic E-state index is 0.221. The van der Waals surface area contributed by atoms with Crippen LogP contribution in [0.3, 0.4) is 0 Å². The highest BCUT2D eigenvalue weighted by Gasteiger charge is 2.53. The first kappa shape index (κ1) is 9.36. The maximum absolute atomic E-state index is 9.60. The molecule has 0 spiro atoms. The molecular formula is C8H14O5. The summed E-state index contributed by atoms with van der Waals surface area (Å²) in [6.07, 6.45) is -2.43. The third kappa shape index (κ3) is 1.47. The fraction of sp³-hybridized carbons (Fsp3) is 1.00. The second-order valence-electron chi connectivity index (χ2n) is 3.82. The van der Waals surface area contributed by atoms with E-state index in [4.69, 9.17) is 19.3 Å². The lowest BCUT2D eigenvalue weighted by molar-refractivity contribution is -0.218. The molecule has 2 heterocycles. The van der Waals surface area contributed by atoms with E-state index in [1.54, 1.807) is 13.8 Å². The summed E-state index contributed by atoms with van der Waals surface area (Å²) < 4.78 is 16.0. The third-order valence-corrected chi connectivity index (χ3v) is 2.29. The SMILES string of the molecule is CC1(C)O[C@H]2O[C@H](CO)C(O)[C@@H]2O1. The maximum atomic E-state index is 9.60. The number of ether oxygens (including phenoxy) is 3. The third-order valence-electron chi connectivity index (χ3n) is 2.29. The molecule has 0 aromatic heterocycles. The van der Waals surface area contributed by atoms with Crippen molar-refractivity contribution < 1.29 is 24.4 Å². The molecule has 2 rings (SSSR count). The van der Waals surface area contributed by atoms with Crippen molar-refractivity contribution in [3.8, 4) is 0 Å². The van der Waals surface area contributed by atoms with Crippen molar-refractivity contribution in [2.45, 2.75) is 44.2 Å². The molecule has 0 saturated carbocycles. The zero-order valence-corrected chi connectivity index (χ0v) is 7.64. The molecule has 2 N–H and O–H groups in total. The molecule has 2 aliphatic heterocycles. The van der Waals surface area contributed by atoms with E-state index < -0.39 is 30.4 Å². The summed E-state index contributed by atoms with van der Waals surface area (Å²) in [5.74, 6) is -0.712. The largest absolute Gasteiger partial charge is 0.394 e. The van der Waals surface area contributed by atoms with Crippen LogP contribution in [0.25, 0.3) is 0 Å². The molecular weight excluding hydrogens is 176 g/mol. The van der Waals surface area contributed by atoms with Gasteiger partial charge in [-0.15, -0.1) is 0 Å². The Morgan fingerprint density at radius 1 is 1.31 bits per heavy atom. The summed E-state index contributed by atoms with van der Waals surface area (Å²) in [5.41, 5.74) is 0. The highest BCUT2D eigenvalue weighted by molar-refractivity contribution is 4.92. The summed E-state index contributed by atoms with van der Waals surface area (Å²) in [5, 5.41) is 18.4. The van der Waals surface area contributed by atoms with Crippen LogP contribution in [0, 0.1) is 0 Å². The van der Waals surface area contributed by atoms with Crippen LogP contribution in [0.5, 0.6) is 0 Å². The van der Waals surface area contributed by atoms with Gasteiger partial charge in [-0.05, 0) is 13.8 Å². The first-order valence-corrected chi connectivity index (χ1v) is 4.33. The molecule has 0 radical (unpaired) electrons. The maximum Gasteiger partial charge on any atom is 0.190 e. The first-order valence-electron chi connectivity index (χ1n) is 4.33. The minimum Gasteiger partial charge on any atom is -0.394 e. The van der Waals surface area contributed by atoms with Gasteiger partial charge >= 0.3 is 0 Å². The average molecular weight is 190 g/mol. The van der Waals surface area contributed by atoms with Crippen LogP contribution >= 0.6 is 0 Å². The molecule has 2 aliphatic rings. The Bertz CT molecular complexity index is 205. The molecule has 2 fully saturated rings. The quantitative estimate of drug-likeness (QED) is 0.567. The van der Waals surface area contributed by atoms with Gasteiger partial charge in [-0.3, -0.25) is 0 Å². The van der Waals surface area contributed by atoms with Crippen LogP contribution in [0.4, 0.5) is 0 Å². The smallest absolute Gasteiger partial charge is 0.190 e. The molecule has 5 heteroatoms. The van der Waals surface area contributed by atoms with Gasteiger partial charge in [0.25, 0.3) is 0 Å². The highest BCUT2D eigenvalue weighted by atomic mass is 16.8. The van der Waals surface area contributed by atoms with E-state index in [2.05, 4.69) is 0 Å². The molecule has 0 aromatic rings. The molecule has 2 saturated heterocycles. The Hall–Kier alpha value is -0.200. The zero-order valence-electron chi connectivity index (χ0n) is 7.64. The van der Waals surface area contributed by atoms with Crippen molar-refractivity contribution >= 4 is 0 Å². The van der Waals surface area contributed by atoms with Crippen molar-refractivity contribution in [1.82, 2.24) is 0 Å². The van der Waals surface area contributed by atoms with E-state index in [1.807, 2.05) is 0 Å². The number of hydrogen-bond acceptors (Lipinski definition) is 5. The van der Waals surface area contributed by atoms with Gasteiger partial charge in [0, 0.05) is 0 Å². The van der Waals surface area contributed by atoms with Crippen molar-refractivity contribution in [3.63, 3.8) is 0 Å². The number of aliphatic hydroxyl groups excluding tert-OH is 2. The monoisotopic (exact) mass is 190 g/mol. The second-order valence-corrected chi connectivity index (χ2v) is 3.82. The standard InChI is InChI=1S/C8H14O5/c1-8(2)12-6-5(10)4(3-9)11-7(6)13-8/h4-7,9-10H,3H2,1-2H3/t4-,5?,6+,7-/m1/s1. The number of fused-ring (bicyclic) bond motifs is 1. The topological polar surface area (TPSA) is 68.2 Å². The van der Waals surface area contributed by atoms with Gasteiger partial charge < -0.3 is 24.4 Å². The molecule has 1 unspecified atom stereocenters. The molecule has 13 heavy (non-hydrogen) atoms. The van der Waals surface area contributed by atoms with Gasteiger partial charge in [0.15, 0.2) is 12.1 Å². The summed E-state index contributed by atoms with van der Waals surface area (Å²) in [6, 6.07) is 0. The summed E-state index contributed by atoms with van der Waals surface area (Å²) in [4.78, 5) is 0. The summed E-state index contributed by atoms with van der Waals surface area (Å²) in [7, 11) is 0. The Morgan fingerprint density at radius 2 is 2.00 bits per heavy atom. The zero-order chi connectivity index (χ0) is 9.64. The van der Waals surface area contributed by atoms with Gasteiger partial charge in [-0.25, -0.2) is 0 Å². The van der Waals surface area contributed by atoms with E-state index in [1.165, 1.54) is 0 Å². The fourth-order valence-corrected chi connectivity index (χ4v) is 1.71. The van der Waals surface area contributed by atoms with Crippen molar-refractivity contribution in [2.75, 3.05) is 6.61 Å². The number of hydrogen-bond donors (Lipinski definition) is 2. The second kappa shape index (κ2) is 2.90. The highest BCUT2D eigenvalue weighted by Crippen LogP contribution is 2.36. The van der Waals surface area contributed by atoms with E-state index in [-0.39, 0.29) is 6.61 Å². The Kier molecular flexibility index (Phi) is 2.08. The Labute approximate surface area is 76.2 Å². The molecule has 0 amide bonds. The predicted octanol–water partition coefficient (Wildman–Crippen LogP) is -0.784. The minimum atomic E-state index is -0.809. The first-order chi connectivity index (χ1) is 6.03. The van der Waals surface area contributed by atoms with E-state index >= 15 is 0 Å². The van der Waals surface area contributed by atoms with Gasteiger partial charge in [0.2, 0.25) is 0 Å². The van der Waals surface area contributed by atoms with Gasteiger partial charge in [-0.1, -0.05) is 0 Å². The van der Waals surface area contributed by atoms with Crippen molar-refractivity contribution in [3.05, 3.63) is 0 Å². The van der Waals surface area contributed by atoms with E-state index in [0.29, 0.717) is 0 Å². The number of rotatable bonds is 1. The van der Waals surface area contributed by atoms with Crippen LogP contribution < -0.4 is 0 Å². The molecule has 4 atom stereocenters. The lowest BCUT2D eigenvalue weighted by atomic mass is 10.1. The van der Waals surface area contributed by atoms with Crippen LogP contribution in [0.15, 0.2) is 0 Å². The van der Waals surface area contributed by atoms with E-state index in [0.717, 1.165) is 0 Å². The van der Waals surface area contributed by atoms with Gasteiger partial charge in [-0.2, -0.15) is 0 Å². The van der Waals surface area contributed by atoms with Crippen LogP contribution in [-0.2, 0) is 14.2 Å². The molecule has 0 aliphatic carbocycles. The molecule has 76 valence electrons. The van der Waals surface area contributed by atoms with Crippen LogP contribution in [-0.4, -0.2) is 47.2 Å². The van der Waals surface area contributed by atoms with Crippen LogP contribution in [0.1, 0.15) is 13.8 Å². The molecule has 0 aromatic carbocycles. The normalized spacial score (nSPS) is 48.0. The summed E-state index contributed by atoms with van der Waals surface area (Å²) >= 11 is 0. The van der Waals surface area contributed by atoms with Crippen molar-refractivity contribution in [1.29, 1.82) is 0 Å². The fourth-order valence-electron chi connectivity index (χ4n) is 1.71. The molecule has 5 nitrogen and oxygen atoms in total. The predicted molar refractivity (Wildman–Crippen MR) is 41.8 cm³/mol. The van der Waals surface area contributed by atoms with Gasteiger partial charge in [0.05, 0.1) is 6.61 Å². The van der Waals surface area contributed by atoms with Gasteiger partial charge in [0.1, 0.15) is 18.3 Å². The van der Waals surface area contributed by atoms with E-state index in [9.17, 15) is 5.11 Å². The molecule has 0 bridgehead atoms. The number of aliphatic hydroxyl groups is 2. The van der Waals surface area contributed by atoms with Crippen LogP contribution in [0.2, 0.25) is 0 Å². The Balaban J connectivity index is 2.07. The Morgan fingerprint density at radius 3 is 2.54 bits per heavy atom. The lowest BCUT2D eigenvalue weighted by Crippen LogP contribution is -2.36. The lowest BCUT2D eigenvalue weighted by Gasteiger charge is -2.21. The average Bonchev–Trinajstić information content (AvgIpc) is 2.47. The van der Waals surface area contributed by atoms with Crippen molar-refractivity contribution in [2.24, 2.45) is 0 Å². The summed E-state index contributed by atoms with van der Waals surface area (Å²) in [6.45, 7) is 3.30.